The molecule has 1 saturated heterocycles. The van der Waals surface area contributed by atoms with Crippen LogP contribution >= 0.6 is 0 Å². The van der Waals surface area contributed by atoms with Gasteiger partial charge in [0.05, 0.1) is 18.1 Å². The number of rotatable bonds is 5. The number of imidazole rings is 1. The molecule has 1 aromatic carbocycles. The third-order valence-electron chi connectivity index (χ3n) is 5.09. The number of nitrogens with two attached hydrogens (primary N) is 1. The van der Waals surface area contributed by atoms with E-state index in [4.69, 9.17) is 10.5 Å². The van der Waals surface area contributed by atoms with Gasteiger partial charge in [0.25, 0.3) is 11.2 Å². The first-order chi connectivity index (χ1) is 14.7. The molecule has 6 N–H and O–H groups in total. The van der Waals surface area contributed by atoms with Crippen molar-refractivity contribution in [3.8, 4) is 0 Å². The first-order valence-corrected chi connectivity index (χ1v) is 9.09. The number of nitrogens with zero attached hydrogens (tertiary/aromatic N) is 4. The Morgan fingerprint density at radius 2 is 1.90 bits per heavy atom. The molecular weight excluding hydrogens is 416 g/mol. The number of aliphatic hydroxyl groups is 3. The summed E-state index contributed by atoms with van der Waals surface area (Å²) in [5.74, 6) is -0.287. The number of nitrogens with one attached hydrogen (secondary N) is 1. The van der Waals surface area contributed by atoms with Crippen LogP contribution in [-0.2, 0) is 11.3 Å². The van der Waals surface area contributed by atoms with Gasteiger partial charge in [-0.25, -0.2) is 9.36 Å². The van der Waals surface area contributed by atoms with E-state index in [2.05, 4.69) is 9.97 Å². The largest absolute Gasteiger partial charge is 0.394 e. The van der Waals surface area contributed by atoms with Gasteiger partial charge >= 0.3 is 5.69 Å². The number of benzene rings is 1. The van der Waals surface area contributed by atoms with Crippen LogP contribution in [0, 0.1) is 10.1 Å². The number of aliphatic hydroxyl groups excluding tert-OH is 3. The molecule has 0 spiro atoms. The zero-order valence-electron chi connectivity index (χ0n) is 15.8. The van der Waals surface area contributed by atoms with Crippen molar-refractivity contribution in [3.05, 3.63) is 60.8 Å². The Bertz CT molecular complexity index is 1260. The Labute approximate surface area is 171 Å². The zero-order chi connectivity index (χ0) is 22.4. The summed E-state index contributed by atoms with van der Waals surface area (Å²) >= 11 is 0. The molecule has 31 heavy (non-hydrogen) atoms. The second kappa shape index (κ2) is 7.59. The third-order valence-corrected chi connectivity index (χ3v) is 5.09. The van der Waals surface area contributed by atoms with Gasteiger partial charge in [-0.3, -0.25) is 24.5 Å². The lowest BCUT2D eigenvalue weighted by molar-refractivity contribution is -0.384. The number of ether oxygens (including phenoxy) is 1. The lowest BCUT2D eigenvalue weighted by Gasteiger charge is -2.15. The molecule has 14 heteroatoms. The monoisotopic (exact) mass is 434 g/mol. The van der Waals surface area contributed by atoms with Crippen LogP contribution in [0.2, 0.25) is 0 Å². The Kier molecular flexibility index (Phi) is 5.06. The average molecular weight is 434 g/mol. The molecule has 3 heterocycles. The minimum absolute atomic E-state index is 0.141. The SMILES string of the molecule is Nc1nc2c(c(=O)[nH]1)n(Cc1ccc([N+](=O)[O-])cc1)c(=O)n2[C@@H]1O[C@H](CO)[C@@H](O)[C@H]1O. The number of fused-ring (bicyclic) bond motifs is 1. The van der Waals surface area contributed by atoms with Gasteiger partial charge in [0.15, 0.2) is 17.4 Å². The van der Waals surface area contributed by atoms with E-state index in [1.807, 2.05) is 0 Å². The highest BCUT2D eigenvalue weighted by atomic mass is 16.6. The molecule has 0 saturated carbocycles. The van der Waals surface area contributed by atoms with Crippen molar-refractivity contribution in [1.82, 2.24) is 19.1 Å². The lowest BCUT2D eigenvalue weighted by atomic mass is 10.1. The summed E-state index contributed by atoms with van der Waals surface area (Å²) in [5.41, 5.74) is 4.06. The standard InChI is InChI=1S/C17H18N6O8/c18-16-19-13-10(14(27)20-16)21(5-7-1-3-8(4-2-7)23(29)30)17(28)22(13)15-12(26)11(25)9(6-24)31-15/h1-4,9,11-12,15,24-26H,5-6H2,(H3,18,19,20,27)/t9-,11-,12-,15-/m1/s1. The fourth-order valence-corrected chi connectivity index (χ4v) is 3.57. The van der Waals surface area contributed by atoms with Crippen molar-refractivity contribution in [1.29, 1.82) is 0 Å². The van der Waals surface area contributed by atoms with Crippen molar-refractivity contribution in [2.24, 2.45) is 0 Å². The minimum atomic E-state index is -1.59. The first-order valence-electron chi connectivity index (χ1n) is 9.09. The highest BCUT2D eigenvalue weighted by Gasteiger charge is 2.45. The average Bonchev–Trinajstić information content (AvgIpc) is 3.16. The van der Waals surface area contributed by atoms with E-state index < -0.39 is 47.3 Å². The van der Waals surface area contributed by atoms with E-state index in [9.17, 15) is 35.0 Å². The number of anilines is 1. The van der Waals surface area contributed by atoms with Crippen molar-refractivity contribution in [3.63, 3.8) is 0 Å². The van der Waals surface area contributed by atoms with Gasteiger partial charge < -0.3 is 25.8 Å². The van der Waals surface area contributed by atoms with E-state index in [0.717, 1.165) is 9.13 Å². The van der Waals surface area contributed by atoms with Gasteiger partial charge in [-0.15, -0.1) is 0 Å². The molecule has 164 valence electrons. The maximum Gasteiger partial charge on any atom is 0.333 e. The van der Waals surface area contributed by atoms with Crippen molar-refractivity contribution >= 4 is 22.8 Å². The Morgan fingerprint density at radius 1 is 1.23 bits per heavy atom. The Morgan fingerprint density at radius 3 is 2.48 bits per heavy atom. The normalized spacial score (nSPS) is 23.5. The summed E-state index contributed by atoms with van der Waals surface area (Å²) in [5, 5.41) is 40.6. The quantitative estimate of drug-likeness (QED) is 0.221. The van der Waals surface area contributed by atoms with Crippen molar-refractivity contribution < 1.29 is 25.0 Å². The number of aromatic nitrogens is 4. The maximum atomic E-state index is 13.2. The molecule has 0 aliphatic carbocycles. The molecule has 4 rings (SSSR count). The van der Waals surface area contributed by atoms with Crippen LogP contribution in [0.3, 0.4) is 0 Å². The topological polar surface area (TPSA) is 212 Å². The van der Waals surface area contributed by atoms with Gasteiger partial charge in [-0.05, 0) is 5.56 Å². The number of nitro benzene ring substituents is 1. The predicted molar refractivity (Wildman–Crippen MR) is 104 cm³/mol. The Balaban J connectivity index is 1.87. The van der Waals surface area contributed by atoms with Crippen LogP contribution in [0.4, 0.5) is 11.6 Å². The van der Waals surface area contributed by atoms with Crippen LogP contribution < -0.4 is 17.0 Å². The fraction of sp³-hybridized carbons (Fsp3) is 0.353. The van der Waals surface area contributed by atoms with Gasteiger partial charge in [-0.1, -0.05) is 12.1 Å². The van der Waals surface area contributed by atoms with E-state index in [1.54, 1.807) is 0 Å². The summed E-state index contributed by atoms with van der Waals surface area (Å²) in [6.45, 7) is -0.759. The molecule has 14 nitrogen and oxygen atoms in total. The van der Waals surface area contributed by atoms with E-state index in [0.29, 0.717) is 5.56 Å². The molecule has 2 aromatic heterocycles. The second-order valence-corrected chi connectivity index (χ2v) is 7.01. The molecule has 0 amide bonds. The minimum Gasteiger partial charge on any atom is -0.394 e. The smallest absolute Gasteiger partial charge is 0.333 e. The van der Waals surface area contributed by atoms with Crippen LogP contribution in [0.25, 0.3) is 11.2 Å². The molecule has 1 fully saturated rings. The molecule has 1 aliphatic rings. The molecule has 0 bridgehead atoms. The van der Waals surface area contributed by atoms with Crippen LogP contribution in [0.5, 0.6) is 0 Å². The highest BCUT2D eigenvalue weighted by Crippen LogP contribution is 2.30. The van der Waals surface area contributed by atoms with Crippen LogP contribution in [-0.4, -0.2) is 64.3 Å². The number of H-pyrrole nitrogens is 1. The summed E-state index contributed by atoms with van der Waals surface area (Å²) in [6.07, 6.45) is -5.65. The van der Waals surface area contributed by atoms with Crippen molar-refractivity contribution in [2.75, 3.05) is 12.3 Å². The molecule has 4 atom stereocenters. The molecule has 3 aromatic rings. The van der Waals surface area contributed by atoms with E-state index >= 15 is 0 Å². The maximum absolute atomic E-state index is 13.2. The van der Waals surface area contributed by atoms with Crippen molar-refractivity contribution in [2.45, 2.75) is 31.1 Å². The number of hydrogen-bond acceptors (Lipinski definition) is 10. The number of aromatic amines is 1. The summed E-state index contributed by atoms with van der Waals surface area (Å²) in [4.78, 5) is 42.3. The van der Waals surface area contributed by atoms with Gasteiger partial charge in [0, 0.05) is 12.1 Å². The zero-order valence-corrected chi connectivity index (χ0v) is 15.8. The molecular formula is C17H18N6O8. The fourth-order valence-electron chi connectivity index (χ4n) is 3.57. The lowest BCUT2D eigenvalue weighted by Crippen LogP contribution is -2.36. The van der Waals surface area contributed by atoms with Gasteiger partial charge in [-0.2, -0.15) is 4.98 Å². The highest BCUT2D eigenvalue weighted by molar-refractivity contribution is 5.72. The Hall–Kier alpha value is -3.59. The van der Waals surface area contributed by atoms with Gasteiger partial charge in [0.1, 0.15) is 18.3 Å². The number of nitro groups is 1. The summed E-state index contributed by atoms with van der Waals surface area (Å²) < 4.78 is 7.36. The number of non-ortho nitro benzene ring substituents is 1. The summed E-state index contributed by atoms with van der Waals surface area (Å²) in [6, 6.07) is 5.37. The summed E-state index contributed by atoms with van der Waals surface area (Å²) in [7, 11) is 0. The number of hydrogen-bond donors (Lipinski definition) is 5. The predicted octanol–water partition coefficient (Wildman–Crippen LogP) is -1.96. The van der Waals surface area contributed by atoms with Crippen LogP contribution in [0.1, 0.15) is 11.8 Å². The third kappa shape index (κ3) is 3.36. The van der Waals surface area contributed by atoms with E-state index in [-0.39, 0.29) is 29.3 Å². The van der Waals surface area contributed by atoms with Crippen LogP contribution in [0.15, 0.2) is 33.9 Å². The van der Waals surface area contributed by atoms with E-state index in [1.165, 1.54) is 24.3 Å². The molecule has 1 aliphatic heterocycles. The first kappa shape index (κ1) is 20.7. The van der Waals surface area contributed by atoms with Gasteiger partial charge in [0.2, 0.25) is 5.95 Å². The second-order valence-electron chi connectivity index (χ2n) is 7.01. The molecule has 0 radical (unpaired) electrons. The number of nitrogen functional groups attached to an aromatic ring is 1. The molecule has 0 unspecified atom stereocenters.